The molecule has 0 atom stereocenters. The molecule has 0 saturated carbocycles. The summed E-state index contributed by atoms with van der Waals surface area (Å²) in [6, 6.07) is 13.3. The minimum absolute atomic E-state index is 0.00851. The molecule has 1 aliphatic rings. The number of rotatable bonds is 6. The molecule has 2 aromatic carbocycles. The number of aromatic amines is 1. The maximum Gasteiger partial charge on any atom is 0.254 e. The van der Waals surface area contributed by atoms with E-state index in [0.717, 1.165) is 42.2 Å². The normalized spacial score (nSPS) is 14.3. The molecule has 170 valence electrons. The molecule has 3 heterocycles. The molecule has 4 aromatic rings. The number of thiazole rings is 1. The number of nitrogens with one attached hydrogen (secondary N) is 1. The quantitative estimate of drug-likeness (QED) is 0.466. The Morgan fingerprint density at radius 3 is 2.85 bits per heavy atom. The van der Waals surface area contributed by atoms with Crippen LogP contribution in [0.4, 0.5) is 5.95 Å². The first-order chi connectivity index (χ1) is 16.2. The largest absolute Gasteiger partial charge is 0.493 e. The van der Waals surface area contributed by atoms with Gasteiger partial charge in [-0.25, -0.2) is 9.97 Å². The Morgan fingerprint density at radius 2 is 2.03 bits per heavy atom. The monoisotopic (exact) mass is 463 g/mol. The first-order valence-corrected chi connectivity index (χ1v) is 11.8. The molecule has 0 radical (unpaired) electrons. The zero-order valence-electron chi connectivity index (χ0n) is 18.4. The minimum atomic E-state index is -0.00851. The van der Waals surface area contributed by atoms with Crippen molar-refractivity contribution in [2.75, 3.05) is 38.2 Å². The Balaban J connectivity index is 1.26. The van der Waals surface area contributed by atoms with E-state index in [4.69, 9.17) is 14.5 Å². The molecule has 1 N–H and O–H groups in total. The van der Waals surface area contributed by atoms with E-state index in [2.05, 4.69) is 14.9 Å². The van der Waals surface area contributed by atoms with Gasteiger partial charge in [0.25, 0.3) is 5.91 Å². The van der Waals surface area contributed by atoms with Crippen molar-refractivity contribution in [2.24, 2.45) is 0 Å². The third-order valence-electron chi connectivity index (χ3n) is 5.73. The van der Waals surface area contributed by atoms with E-state index in [9.17, 15) is 4.79 Å². The molecule has 5 rings (SSSR count). The number of imidazole rings is 1. The van der Waals surface area contributed by atoms with E-state index in [0.29, 0.717) is 36.8 Å². The van der Waals surface area contributed by atoms with Crippen LogP contribution in [0.1, 0.15) is 22.5 Å². The number of para-hydroxylation sites is 2. The number of methoxy groups -OCH3 is 1. The van der Waals surface area contributed by atoms with Crippen molar-refractivity contribution < 1.29 is 14.3 Å². The van der Waals surface area contributed by atoms with Gasteiger partial charge in [0.2, 0.25) is 5.95 Å². The number of hydrogen-bond acceptors (Lipinski definition) is 7. The van der Waals surface area contributed by atoms with E-state index < -0.39 is 0 Å². The van der Waals surface area contributed by atoms with Crippen molar-refractivity contribution in [3.63, 3.8) is 0 Å². The standard InChI is InChI=1S/C24H25N5O3S/c1-31-22-13-17(7-8-21(22)32-14-18-15-33-16-25-18)23(30)28-9-4-10-29(12-11-28)24-26-19-5-2-3-6-20(19)27-24/h2-3,5-8,13,15-16H,4,9-12,14H2,1H3,(H,26,27). The lowest BCUT2D eigenvalue weighted by atomic mass is 10.1. The lowest BCUT2D eigenvalue weighted by molar-refractivity contribution is 0.0766. The predicted molar refractivity (Wildman–Crippen MR) is 128 cm³/mol. The van der Waals surface area contributed by atoms with Gasteiger partial charge in [0, 0.05) is 37.1 Å². The Bertz CT molecular complexity index is 1210. The molecule has 9 heteroatoms. The molecule has 8 nitrogen and oxygen atoms in total. The van der Waals surface area contributed by atoms with E-state index in [1.807, 2.05) is 34.5 Å². The Morgan fingerprint density at radius 1 is 1.12 bits per heavy atom. The van der Waals surface area contributed by atoms with Crippen LogP contribution in [0, 0.1) is 0 Å². The van der Waals surface area contributed by atoms with Gasteiger partial charge < -0.3 is 24.3 Å². The lowest BCUT2D eigenvalue weighted by Crippen LogP contribution is -2.35. The van der Waals surface area contributed by atoms with Gasteiger partial charge in [-0.3, -0.25) is 4.79 Å². The molecule has 1 aliphatic heterocycles. The molecule has 0 aliphatic carbocycles. The summed E-state index contributed by atoms with van der Waals surface area (Å²) in [4.78, 5) is 29.7. The van der Waals surface area contributed by atoms with Crippen LogP contribution >= 0.6 is 11.3 Å². The van der Waals surface area contributed by atoms with Gasteiger partial charge in [-0.2, -0.15) is 0 Å². The molecule has 0 unspecified atom stereocenters. The van der Waals surface area contributed by atoms with Gasteiger partial charge in [-0.1, -0.05) is 12.1 Å². The summed E-state index contributed by atoms with van der Waals surface area (Å²) >= 11 is 1.53. The van der Waals surface area contributed by atoms with E-state index in [1.165, 1.54) is 11.3 Å². The van der Waals surface area contributed by atoms with Gasteiger partial charge in [0.15, 0.2) is 11.5 Å². The van der Waals surface area contributed by atoms with Crippen molar-refractivity contribution in [1.82, 2.24) is 19.9 Å². The number of H-pyrrole nitrogens is 1. The predicted octanol–water partition coefficient (Wildman–Crippen LogP) is 3.96. The topological polar surface area (TPSA) is 83.6 Å². The van der Waals surface area contributed by atoms with Crippen LogP contribution in [0.25, 0.3) is 11.0 Å². The summed E-state index contributed by atoms with van der Waals surface area (Å²) in [5.41, 5.74) is 5.20. The Kier molecular flexibility index (Phi) is 6.12. The van der Waals surface area contributed by atoms with E-state index in [1.54, 1.807) is 30.8 Å². The molecular formula is C24H25N5O3S. The van der Waals surface area contributed by atoms with E-state index in [-0.39, 0.29) is 5.91 Å². The summed E-state index contributed by atoms with van der Waals surface area (Å²) in [6.45, 7) is 3.24. The third-order valence-corrected chi connectivity index (χ3v) is 6.36. The first-order valence-electron chi connectivity index (χ1n) is 10.9. The number of benzene rings is 2. The van der Waals surface area contributed by atoms with Crippen molar-refractivity contribution >= 4 is 34.2 Å². The molecule has 1 amide bonds. The lowest BCUT2D eigenvalue weighted by Gasteiger charge is -2.22. The van der Waals surface area contributed by atoms with Crippen LogP contribution < -0.4 is 14.4 Å². The second-order valence-electron chi connectivity index (χ2n) is 7.84. The number of ether oxygens (including phenoxy) is 2. The van der Waals surface area contributed by atoms with Crippen LogP contribution in [0.2, 0.25) is 0 Å². The molecule has 1 fully saturated rings. The van der Waals surface area contributed by atoms with Gasteiger partial charge in [-0.15, -0.1) is 11.3 Å². The fraction of sp³-hybridized carbons (Fsp3) is 0.292. The van der Waals surface area contributed by atoms with Crippen LogP contribution in [-0.4, -0.2) is 59.0 Å². The highest BCUT2D eigenvalue weighted by Crippen LogP contribution is 2.29. The molecular weight excluding hydrogens is 438 g/mol. The first kappa shape index (κ1) is 21.3. The van der Waals surface area contributed by atoms with Crippen molar-refractivity contribution in [3.05, 3.63) is 64.6 Å². The summed E-state index contributed by atoms with van der Waals surface area (Å²) in [5.74, 6) is 1.98. The van der Waals surface area contributed by atoms with Gasteiger partial charge in [0.1, 0.15) is 6.61 Å². The zero-order chi connectivity index (χ0) is 22.6. The third kappa shape index (κ3) is 4.63. The summed E-state index contributed by atoms with van der Waals surface area (Å²) in [5, 5.41) is 1.94. The summed E-state index contributed by atoms with van der Waals surface area (Å²) in [7, 11) is 1.58. The zero-order valence-corrected chi connectivity index (χ0v) is 19.2. The summed E-state index contributed by atoms with van der Waals surface area (Å²) in [6.07, 6.45) is 0.870. The van der Waals surface area contributed by atoms with Crippen molar-refractivity contribution in [3.8, 4) is 11.5 Å². The highest BCUT2D eigenvalue weighted by molar-refractivity contribution is 7.07. The number of hydrogen-bond donors (Lipinski definition) is 1. The van der Waals surface area contributed by atoms with Crippen LogP contribution in [-0.2, 0) is 6.61 Å². The molecule has 0 bridgehead atoms. The fourth-order valence-electron chi connectivity index (χ4n) is 3.98. The average molecular weight is 464 g/mol. The maximum atomic E-state index is 13.2. The SMILES string of the molecule is COc1cc(C(=O)N2CCCN(c3nc4ccccc4[nH]3)CC2)ccc1OCc1cscn1. The van der Waals surface area contributed by atoms with Gasteiger partial charge >= 0.3 is 0 Å². The van der Waals surface area contributed by atoms with Crippen molar-refractivity contribution in [2.45, 2.75) is 13.0 Å². The van der Waals surface area contributed by atoms with Crippen LogP contribution in [0.15, 0.2) is 53.4 Å². The van der Waals surface area contributed by atoms with Crippen LogP contribution in [0.3, 0.4) is 0 Å². The van der Waals surface area contributed by atoms with Crippen molar-refractivity contribution in [1.29, 1.82) is 0 Å². The number of carbonyl (C=O) groups is 1. The number of carbonyl (C=O) groups excluding carboxylic acids is 1. The maximum absolute atomic E-state index is 13.2. The van der Waals surface area contributed by atoms with Gasteiger partial charge in [-0.05, 0) is 36.8 Å². The smallest absolute Gasteiger partial charge is 0.254 e. The summed E-state index contributed by atoms with van der Waals surface area (Å²) < 4.78 is 11.3. The van der Waals surface area contributed by atoms with Crippen LogP contribution in [0.5, 0.6) is 11.5 Å². The highest BCUT2D eigenvalue weighted by Gasteiger charge is 2.23. The second-order valence-corrected chi connectivity index (χ2v) is 8.56. The number of aromatic nitrogens is 3. The minimum Gasteiger partial charge on any atom is -0.493 e. The Labute approximate surface area is 195 Å². The van der Waals surface area contributed by atoms with E-state index >= 15 is 0 Å². The fourth-order valence-corrected chi connectivity index (χ4v) is 4.53. The molecule has 0 spiro atoms. The average Bonchev–Trinajstić information content (AvgIpc) is 3.46. The Hall–Kier alpha value is -3.59. The second kappa shape index (κ2) is 9.50. The van der Waals surface area contributed by atoms with Gasteiger partial charge in [0.05, 0.1) is 29.3 Å². The molecule has 1 saturated heterocycles. The number of fused-ring (bicyclic) bond motifs is 1. The molecule has 33 heavy (non-hydrogen) atoms. The number of anilines is 1. The molecule has 2 aromatic heterocycles. The highest BCUT2D eigenvalue weighted by atomic mass is 32.1. The number of nitrogens with zero attached hydrogens (tertiary/aromatic N) is 4. The number of amides is 1.